The maximum absolute atomic E-state index is 7.39. The predicted molar refractivity (Wildman–Crippen MR) is 77.7 cm³/mol. The van der Waals surface area contributed by atoms with Gasteiger partial charge in [0.2, 0.25) is 0 Å². The zero-order chi connectivity index (χ0) is 15.6. The number of rotatable bonds is 3. The fourth-order valence-electron chi connectivity index (χ4n) is 2.04. The van der Waals surface area contributed by atoms with Crippen molar-refractivity contribution in [3.05, 3.63) is 53.2 Å². The summed E-state index contributed by atoms with van der Waals surface area (Å²) in [5.41, 5.74) is 4.69. The molecule has 0 spiro atoms. The van der Waals surface area contributed by atoms with Gasteiger partial charge in [-0.25, -0.2) is 0 Å². The number of benzene rings is 1. The third kappa shape index (κ3) is 2.98. The Morgan fingerprint density at radius 2 is 1.94 bits per heavy atom. The van der Waals surface area contributed by atoms with Crippen molar-refractivity contribution in [1.82, 2.24) is 4.98 Å². The lowest BCUT2D eigenvalue weighted by Gasteiger charge is -2.10. The van der Waals surface area contributed by atoms with Crippen LogP contribution in [0, 0.1) is 19.7 Å². The van der Waals surface area contributed by atoms with Gasteiger partial charge in [-0.15, -0.1) is 0 Å². The summed E-state index contributed by atoms with van der Waals surface area (Å²) in [6.45, 7) is 4.44. The van der Waals surface area contributed by atoms with E-state index < -0.39 is 6.85 Å². The minimum absolute atomic E-state index is 0.361. The lowest BCUT2D eigenvalue weighted by molar-refractivity contribution is 0.643. The molecule has 0 atom stereocenters. The minimum atomic E-state index is -2.05. The summed E-state index contributed by atoms with van der Waals surface area (Å²) < 4.78 is 22.2. The molecule has 2 aromatic rings. The van der Waals surface area contributed by atoms with Gasteiger partial charge in [-0.1, -0.05) is 43.7 Å². The highest BCUT2D eigenvalue weighted by Gasteiger charge is 2.05. The summed E-state index contributed by atoms with van der Waals surface area (Å²) in [4.78, 5) is 4.51. The number of aryl methyl sites for hydroxylation is 2. The number of pyridine rings is 1. The third-order valence-corrected chi connectivity index (χ3v) is 3.03. The Morgan fingerprint density at radius 3 is 2.50 bits per heavy atom. The SMILES string of the molecule is [2H]C([2H])([2H])c1ccc(-c2cc(C)c(CC(C)C)cn2)cc1. The van der Waals surface area contributed by atoms with E-state index in [1.54, 1.807) is 12.1 Å². The summed E-state index contributed by atoms with van der Waals surface area (Å²) in [5, 5.41) is 0. The quantitative estimate of drug-likeness (QED) is 0.768. The van der Waals surface area contributed by atoms with Crippen LogP contribution in [-0.2, 0) is 6.42 Å². The molecule has 0 aliphatic rings. The molecule has 1 aromatic heterocycles. The normalized spacial score (nSPS) is 14.1. The molecule has 0 aliphatic heterocycles. The van der Waals surface area contributed by atoms with Gasteiger partial charge in [0.25, 0.3) is 0 Å². The van der Waals surface area contributed by atoms with Crippen molar-refractivity contribution in [1.29, 1.82) is 0 Å². The molecule has 0 saturated carbocycles. The van der Waals surface area contributed by atoms with E-state index in [-0.39, 0.29) is 0 Å². The van der Waals surface area contributed by atoms with Gasteiger partial charge < -0.3 is 0 Å². The lowest BCUT2D eigenvalue weighted by Crippen LogP contribution is -1.98. The van der Waals surface area contributed by atoms with Gasteiger partial charge >= 0.3 is 0 Å². The fraction of sp³-hybridized carbons (Fsp3) is 0.353. The Bertz CT molecular complexity index is 613. The molecule has 0 radical (unpaired) electrons. The molecule has 0 saturated heterocycles. The van der Waals surface area contributed by atoms with E-state index in [1.165, 1.54) is 11.1 Å². The van der Waals surface area contributed by atoms with E-state index in [4.69, 9.17) is 4.11 Å². The van der Waals surface area contributed by atoms with Crippen LogP contribution in [0.5, 0.6) is 0 Å². The second kappa shape index (κ2) is 5.34. The van der Waals surface area contributed by atoms with Crippen molar-refractivity contribution < 1.29 is 4.11 Å². The Labute approximate surface area is 114 Å². The largest absolute Gasteiger partial charge is 0.256 e. The van der Waals surface area contributed by atoms with Crippen molar-refractivity contribution in [3.63, 3.8) is 0 Å². The molecule has 1 aromatic carbocycles. The fourth-order valence-corrected chi connectivity index (χ4v) is 2.04. The topological polar surface area (TPSA) is 12.9 Å². The van der Waals surface area contributed by atoms with Gasteiger partial charge in [0.1, 0.15) is 0 Å². The van der Waals surface area contributed by atoms with Crippen LogP contribution in [-0.4, -0.2) is 4.98 Å². The molecule has 1 heteroatoms. The van der Waals surface area contributed by atoms with E-state index in [0.717, 1.165) is 17.7 Å². The van der Waals surface area contributed by atoms with E-state index >= 15 is 0 Å². The average molecular weight is 242 g/mol. The first-order valence-corrected chi connectivity index (χ1v) is 6.34. The molecule has 94 valence electrons. The standard InChI is InChI=1S/C17H21N/c1-12(2)9-16-11-18-17(10-14(16)4)15-7-5-13(3)6-8-15/h5-8,10-12H,9H2,1-4H3/i3D3. The Morgan fingerprint density at radius 1 is 1.22 bits per heavy atom. The Hall–Kier alpha value is -1.63. The molecule has 2 rings (SSSR count). The molecule has 0 bridgehead atoms. The highest BCUT2D eigenvalue weighted by atomic mass is 14.7. The smallest absolute Gasteiger partial charge is 0.0704 e. The first-order chi connectivity index (χ1) is 9.77. The van der Waals surface area contributed by atoms with Crippen molar-refractivity contribution >= 4 is 0 Å². The number of aromatic nitrogens is 1. The first kappa shape index (κ1) is 9.32. The maximum Gasteiger partial charge on any atom is 0.0704 e. The summed E-state index contributed by atoms with van der Waals surface area (Å²) in [6, 6.07) is 9.03. The minimum Gasteiger partial charge on any atom is -0.256 e. The van der Waals surface area contributed by atoms with Crippen LogP contribution in [0.25, 0.3) is 11.3 Å². The van der Waals surface area contributed by atoms with E-state index in [9.17, 15) is 0 Å². The van der Waals surface area contributed by atoms with Gasteiger partial charge in [-0.2, -0.15) is 0 Å². The second-order valence-corrected chi connectivity index (χ2v) is 5.17. The van der Waals surface area contributed by atoms with Crippen molar-refractivity contribution in [2.24, 2.45) is 5.92 Å². The Balaban J connectivity index is 2.28. The summed E-state index contributed by atoms with van der Waals surface area (Å²) in [5.74, 6) is 0.606. The lowest BCUT2D eigenvalue weighted by atomic mass is 9.99. The monoisotopic (exact) mass is 242 g/mol. The molecule has 0 aliphatic carbocycles. The molecule has 1 heterocycles. The molecule has 0 fully saturated rings. The van der Waals surface area contributed by atoms with Gasteiger partial charge in [-0.3, -0.25) is 4.98 Å². The van der Waals surface area contributed by atoms with E-state index in [2.05, 4.69) is 31.8 Å². The van der Waals surface area contributed by atoms with Gasteiger partial charge in [-0.05, 0) is 43.3 Å². The molecule has 18 heavy (non-hydrogen) atoms. The first-order valence-electron chi connectivity index (χ1n) is 7.84. The highest BCUT2D eigenvalue weighted by molar-refractivity contribution is 5.60. The predicted octanol–water partition coefficient (Wildman–Crippen LogP) is 4.56. The summed E-state index contributed by atoms with van der Waals surface area (Å²) in [7, 11) is 0. The van der Waals surface area contributed by atoms with Gasteiger partial charge in [0.05, 0.1) is 5.69 Å². The van der Waals surface area contributed by atoms with Gasteiger partial charge in [0.15, 0.2) is 0 Å². The average Bonchev–Trinajstić information content (AvgIpc) is 2.40. The number of hydrogen-bond acceptors (Lipinski definition) is 1. The van der Waals surface area contributed by atoms with Crippen LogP contribution in [0.1, 0.15) is 34.7 Å². The molecular weight excluding hydrogens is 218 g/mol. The number of nitrogens with zero attached hydrogens (tertiary/aromatic N) is 1. The van der Waals surface area contributed by atoms with E-state index in [0.29, 0.717) is 11.5 Å². The van der Waals surface area contributed by atoms with Crippen molar-refractivity contribution in [2.75, 3.05) is 0 Å². The van der Waals surface area contributed by atoms with Crippen LogP contribution < -0.4 is 0 Å². The van der Waals surface area contributed by atoms with Crippen LogP contribution in [0.4, 0.5) is 0 Å². The van der Waals surface area contributed by atoms with Crippen LogP contribution >= 0.6 is 0 Å². The Kier molecular flexibility index (Phi) is 2.77. The second-order valence-electron chi connectivity index (χ2n) is 5.17. The van der Waals surface area contributed by atoms with Crippen molar-refractivity contribution in [3.8, 4) is 11.3 Å². The molecule has 0 amide bonds. The number of hydrogen-bond donors (Lipinski definition) is 0. The van der Waals surface area contributed by atoms with Crippen LogP contribution in [0.15, 0.2) is 36.5 Å². The van der Waals surface area contributed by atoms with Crippen LogP contribution in [0.3, 0.4) is 0 Å². The van der Waals surface area contributed by atoms with E-state index in [1.807, 2.05) is 18.3 Å². The zero-order valence-electron chi connectivity index (χ0n) is 14.2. The molecule has 1 nitrogen and oxygen atoms in total. The summed E-state index contributed by atoms with van der Waals surface area (Å²) in [6.07, 6.45) is 2.96. The molecule has 0 N–H and O–H groups in total. The maximum atomic E-state index is 7.39. The van der Waals surface area contributed by atoms with Crippen LogP contribution in [0.2, 0.25) is 0 Å². The molecule has 0 unspecified atom stereocenters. The molecular formula is C17H21N. The van der Waals surface area contributed by atoms with Gasteiger partial charge in [0, 0.05) is 15.9 Å². The highest BCUT2D eigenvalue weighted by Crippen LogP contribution is 2.21. The zero-order valence-corrected chi connectivity index (χ0v) is 11.2. The third-order valence-electron chi connectivity index (χ3n) is 3.03. The van der Waals surface area contributed by atoms with Crippen molar-refractivity contribution in [2.45, 2.75) is 34.0 Å². The summed E-state index contributed by atoms with van der Waals surface area (Å²) >= 11 is 0.